The number of carbonyl (C=O) groups excluding carboxylic acids is 1. The van der Waals surface area contributed by atoms with E-state index in [-0.39, 0.29) is 24.6 Å². The number of amides is 1. The Kier molecular flexibility index (Phi) is 5.72. The number of carbonyl (C=O) groups is 1. The van der Waals surface area contributed by atoms with Gasteiger partial charge in [0.05, 0.1) is 22.8 Å². The lowest BCUT2D eigenvalue weighted by Crippen LogP contribution is -2.64. The number of nitrogens with zero attached hydrogens (tertiary/aromatic N) is 2. The smallest absolute Gasteiger partial charge is 0.362 e. The number of oxime groups is 1. The van der Waals surface area contributed by atoms with Gasteiger partial charge in [-0.25, -0.2) is 4.31 Å². The normalized spacial score (nSPS) is 17.0. The fraction of sp³-hybridized carbons (Fsp3) is 0.188. The molecule has 0 spiro atoms. The highest BCUT2D eigenvalue weighted by Crippen LogP contribution is 2.19. The first-order valence-electron chi connectivity index (χ1n) is 8.06. The van der Waals surface area contributed by atoms with Crippen LogP contribution in [0.2, 0.25) is 0 Å². The maximum atomic E-state index is 11.9. The van der Waals surface area contributed by atoms with Crippen molar-refractivity contribution >= 4 is 33.3 Å². The van der Waals surface area contributed by atoms with Crippen LogP contribution in [0.3, 0.4) is 0 Å². The summed E-state index contributed by atoms with van der Waals surface area (Å²) in [6.45, 7) is 3.47. The van der Waals surface area contributed by atoms with Gasteiger partial charge < -0.3 is 20.2 Å². The van der Waals surface area contributed by atoms with Gasteiger partial charge in [0.1, 0.15) is 11.8 Å². The van der Waals surface area contributed by atoms with E-state index in [4.69, 9.17) is 9.39 Å². The minimum Gasteiger partial charge on any atom is -0.503 e. The molecule has 29 heavy (non-hydrogen) atoms. The third kappa shape index (κ3) is 4.64. The standard InChI is InChI=1S/C16H16N4O7S2/c1-9(18-11-7-20(16(11)23)29(24,25)26)15(14-3-2-4-28-14)19-27-8-10-5-12(21)13(22)6-17-10/h2-6,11,18,22H,1,7-8H2,(H,17,21)(H,24,25,26)/b19-15-. The summed E-state index contributed by atoms with van der Waals surface area (Å²) in [7, 11) is -4.58. The Bertz CT molecular complexity index is 1120. The molecule has 1 saturated heterocycles. The Morgan fingerprint density at radius 3 is 2.83 bits per heavy atom. The van der Waals surface area contributed by atoms with Crippen LogP contribution in [0, 0.1) is 0 Å². The van der Waals surface area contributed by atoms with E-state index in [9.17, 15) is 23.1 Å². The summed E-state index contributed by atoms with van der Waals surface area (Å²) >= 11 is 1.33. The molecule has 0 saturated carbocycles. The lowest BCUT2D eigenvalue weighted by Gasteiger charge is -2.36. The van der Waals surface area contributed by atoms with Gasteiger partial charge in [0.25, 0.3) is 5.91 Å². The molecule has 0 aromatic carbocycles. The average Bonchev–Trinajstić information content (AvgIpc) is 3.17. The quantitative estimate of drug-likeness (QED) is 0.196. The summed E-state index contributed by atoms with van der Waals surface area (Å²) in [5.41, 5.74) is 0.292. The van der Waals surface area contributed by atoms with Gasteiger partial charge in [-0.05, 0) is 11.4 Å². The zero-order chi connectivity index (χ0) is 21.2. The van der Waals surface area contributed by atoms with E-state index in [1.54, 1.807) is 17.5 Å². The molecular weight excluding hydrogens is 424 g/mol. The number of hydrogen-bond donors (Lipinski definition) is 4. The van der Waals surface area contributed by atoms with E-state index >= 15 is 0 Å². The molecule has 1 aliphatic rings. The molecule has 2 aromatic heterocycles. The van der Waals surface area contributed by atoms with Crippen LogP contribution in [0.1, 0.15) is 10.6 Å². The lowest BCUT2D eigenvalue weighted by atomic mass is 10.1. The van der Waals surface area contributed by atoms with Gasteiger partial charge in [-0.1, -0.05) is 17.8 Å². The van der Waals surface area contributed by atoms with Crippen molar-refractivity contribution in [2.45, 2.75) is 12.6 Å². The van der Waals surface area contributed by atoms with Crippen molar-refractivity contribution in [2.24, 2.45) is 5.16 Å². The van der Waals surface area contributed by atoms with Crippen LogP contribution in [-0.2, 0) is 26.5 Å². The SMILES string of the molecule is C=C(NC1CN(S(=O)(=O)O)C1=O)/C(=N/OCc1cc(=O)c(O)c[nH]1)c1cccs1. The number of thiophene rings is 1. The number of aromatic nitrogens is 1. The van der Waals surface area contributed by atoms with Crippen molar-refractivity contribution < 1.29 is 27.7 Å². The number of aromatic hydroxyl groups is 1. The number of nitrogens with one attached hydrogen (secondary N) is 2. The van der Waals surface area contributed by atoms with Crippen LogP contribution in [0.15, 0.2) is 52.0 Å². The molecule has 154 valence electrons. The maximum absolute atomic E-state index is 11.9. The zero-order valence-electron chi connectivity index (χ0n) is 14.7. The van der Waals surface area contributed by atoms with E-state index in [1.165, 1.54) is 17.4 Å². The van der Waals surface area contributed by atoms with Crippen LogP contribution < -0.4 is 10.7 Å². The average molecular weight is 440 g/mol. The summed E-state index contributed by atoms with van der Waals surface area (Å²) in [4.78, 5) is 31.9. The molecule has 3 heterocycles. The second-order valence-corrected chi connectivity index (χ2v) is 8.21. The molecule has 11 nitrogen and oxygen atoms in total. The first-order chi connectivity index (χ1) is 13.7. The Morgan fingerprint density at radius 2 is 2.24 bits per heavy atom. The highest BCUT2D eigenvalue weighted by Gasteiger charge is 2.44. The largest absolute Gasteiger partial charge is 0.503 e. The first-order valence-corrected chi connectivity index (χ1v) is 10.3. The number of aromatic amines is 1. The fourth-order valence-electron chi connectivity index (χ4n) is 2.41. The molecule has 1 amide bonds. The van der Waals surface area contributed by atoms with Crippen LogP contribution in [0.5, 0.6) is 5.75 Å². The minimum atomic E-state index is -4.58. The molecule has 13 heteroatoms. The van der Waals surface area contributed by atoms with Crippen LogP contribution in [0.25, 0.3) is 0 Å². The predicted octanol–water partition coefficient (Wildman–Crippen LogP) is 0.180. The molecule has 3 rings (SSSR count). The van der Waals surface area contributed by atoms with E-state index in [0.29, 0.717) is 14.9 Å². The molecule has 1 unspecified atom stereocenters. The second kappa shape index (κ2) is 8.06. The zero-order valence-corrected chi connectivity index (χ0v) is 16.4. The maximum Gasteiger partial charge on any atom is 0.362 e. The van der Waals surface area contributed by atoms with Gasteiger partial charge in [-0.3, -0.25) is 14.1 Å². The number of pyridine rings is 1. The molecule has 0 aliphatic carbocycles. The van der Waals surface area contributed by atoms with Gasteiger partial charge in [0.15, 0.2) is 12.4 Å². The highest BCUT2D eigenvalue weighted by molar-refractivity contribution is 7.84. The number of hydrogen-bond acceptors (Lipinski definition) is 9. The first kappa shape index (κ1) is 20.6. The third-order valence-electron chi connectivity index (χ3n) is 3.89. The predicted molar refractivity (Wildman–Crippen MR) is 104 cm³/mol. The van der Waals surface area contributed by atoms with Crippen molar-refractivity contribution in [3.8, 4) is 5.75 Å². The molecule has 2 aromatic rings. The molecule has 1 atom stereocenters. The van der Waals surface area contributed by atoms with Crippen molar-refractivity contribution in [1.29, 1.82) is 0 Å². The van der Waals surface area contributed by atoms with Crippen molar-refractivity contribution in [3.63, 3.8) is 0 Å². The van der Waals surface area contributed by atoms with Gasteiger partial charge in [-0.2, -0.15) is 8.42 Å². The molecule has 0 bridgehead atoms. The number of β-lactam (4-membered cyclic amide) rings is 1. The molecule has 4 N–H and O–H groups in total. The number of H-pyrrole nitrogens is 1. The fourth-order valence-corrected chi connectivity index (χ4v) is 3.83. The van der Waals surface area contributed by atoms with Crippen LogP contribution in [0.4, 0.5) is 0 Å². The van der Waals surface area contributed by atoms with Gasteiger partial charge in [0.2, 0.25) is 5.43 Å². The molecule has 0 radical (unpaired) electrons. The monoisotopic (exact) mass is 440 g/mol. The lowest BCUT2D eigenvalue weighted by molar-refractivity contribution is -0.136. The Morgan fingerprint density at radius 1 is 1.48 bits per heavy atom. The van der Waals surface area contributed by atoms with E-state index in [2.05, 4.69) is 22.0 Å². The number of allylic oxidation sites excluding steroid dienone is 1. The second-order valence-electron chi connectivity index (χ2n) is 5.92. The summed E-state index contributed by atoms with van der Waals surface area (Å²) in [5.74, 6) is -1.24. The summed E-state index contributed by atoms with van der Waals surface area (Å²) in [6.07, 6.45) is 1.13. The van der Waals surface area contributed by atoms with Crippen molar-refractivity contribution in [1.82, 2.24) is 14.6 Å². The Hall–Kier alpha value is -3.16. The van der Waals surface area contributed by atoms with Crippen molar-refractivity contribution in [2.75, 3.05) is 6.54 Å². The van der Waals surface area contributed by atoms with E-state index < -0.39 is 33.4 Å². The Balaban J connectivity index is 1.70. The van der Waals surface area contributed by atoms with Gasteiger partial charge in [-0.15, -0.1) is 11.3 Å². The third-order valence-corrected chi connectivity index (χ3v) is 5.65. The molecular formula is C16H16N4O7S2. The summed E-state index contributed by atoms with van der Waals surface area (Å²) in [6, 6.07) is 3.80. The van der Waals surface area contributed by atoms with Crippen LogP contribution >= 0.6 is 11.3 Å². The topological polar surface area (TPSA) is 161 Å². The summed E-state index contributed by atoms with van der Waals surface area (Å²) < 4.78 is 31.3. The van der Waals surface area contributed by atoms with Crippen LogP contribution in [-0.4, -0.2) is 51.6 Å². The molecule has 1 fully saturated rings. The van der Waals surface area contributed by atoms with Gasteiger partial charge in [0, 0.05) is 12.3 Å². The Labute approximate surface area is 168 Å². The van der Waals surface area contributed by atoms with E-state index in [0.717, 1.165) is 6.20 Å². The minimum absolute atomic E-state index is 0.101. The van der Waals surface area contributed by atoms with E-state index in [1.807, 2.05) is 0 Å². The molecule has 1 aliphatic heterocycles. The van der Waals surface area contributed by atoms with Crippen molar-refractivity contribution in [3.05, 3.63) is 62.8 Å². The summed E-state index contributed by atoms with van der Waals surface area (Å²) in [5, 5.41) is 17.8. The van der Waals surface area contributed by atoms with Gasteiger partial charge >= 0.3 is 10.3 Å². The number of rotatable bonds is 8. The highest BCUT2D eigenvalue weighted by atomic mass is 32.2.